The summed E-state index contributed by atoms with van der Waals surface area (Å²) in [6.07, 6.45) is 5.10. The molecular formula is C20H24FN3O2. The molecule has 0 unspecified atom stereocenters. The van der Waals surface area contributed by atoms with E-state index in [9.17, 15) is 14.3 Å². The van der Waals surface area contributed by atoms with Crippen molar-refractivity contribution in [1.29, 1.82) is 0 Å². The molecule has 5 nitrogen and oxygen atoms in total. The molecule has 1 saturated heterocycles. The van der Waals surface area contributed by atoms with Crippen LogP contribution in [0.2, 0.25) is 0 Å². The Labute approximate surface area is 152 Å². The largest absolute Gasteiger partial charge is 0.390 e. The van der Waals surface area contributed by atoms with Crippen LogP contribution in [-0.2, 0) is 0 Å². The fraction of sp³-hybridized carbons (Fsp3) is 0.500. The van der Waals surface area contributed by atoms with Gasteiger partial charge in [0.1, 0.15) is 5.82 Å². The maximum atomic E-state index is 13.6. The molecule has 0 spiro atoms. The van der Waals surface area contributed by atoms with Crippen molar-refractivity contribution in [1.82, 2.24) is 15.1 Å². The molecule has 1 saturated carbocycles. The standard InChI is InChI=1S/C20H24FN3O2/c1-2-20(26)8-4-6-14-11-24(12-17(14)20)19(25)16-10-22-23-18(16)13-5-3-7-15(21)9-13/h3,5,7,9-10,14,17,26H,2,4,6,8,11-12H2,1H3,(H,22,23)/t14-,17+,20-/m0/s1. The molecule has 2 heterocycles. The highest BCUT2D eigenvalue weighted by Crippen LogP contribution is 2.44. The zero-order valence-electron chi connectivity index (χ0n) is 14.9. The summed E-state index contributed by atoms with van der Waals surface area (Å²) < 4.78 is 13.6. The monoisotopic (exact) mass is 357 g/mol. The van der Waals surface area contributed by atoms with E-state index in [0.717, 1.165) is 25.7 Å². The molecule has 1 aromatic carbocycles. The molecule has 2 fully saturated rings. The Morgan fingerprint density at radius 2 is 2.31 bits per heavy atom. The van der Waals surface area contributed by atoms with Crippen LogP contribution >= 0.6 is 0 Å². The number of carbonyl (C=O) groups excluding carboxylic acids is 1. The molecule has 2 N–H and O–H groups in total. The van der Waals surface area contributed by atoms with Crippen molar-refractivity contribution in [3.63, 3.8) is 0 Å². The highest BCUT2D eigenvalue weighted by atomic mass is 19.1. The van der Waals surface area contributed by atoms with Crippen molar-refractivity contribution in [3.05, 3.63) is 41.8 Å². The SMILES string of the molecule is CC[C@]1(O)CCC[C@H]2CN(C(=O)c3cn[nH]c3-c3cccc(F)c3)C[C@H]21. The lowest BCUT2D eigenvalue weighted by Gasteiger charge is -2.40. The molecule has 138 valence electrons. The summed E-state index contributed by atoms with van der Waals surface area (Å²) in [6, 6.07) is 6.14. The number of hydrogen-bond acceptors (Lipinski definition) is 3. The van der Waals surface area contributed by atoms with Crippen molar-refractivity contribution >= 4 is 5.91 Å². The lowest BCUT2D eigenvalue weighted by Crippen LogP contribution is -2.44. The van der Waals surface area contributed by atoms with E-state index in [1.807, 2.05) is 11.8 Å². The first-order valence-electron chi connectivity index (χ1n) is 9.33. The molecule has 3 atom stereocenters. The van der Waals surface area contributed by atoms with Crippen molar-refractivity contribution < 1.29 is 14.3 Å². The number of fused-ring (bicyclic) bond motifs is 1. The molecule has 2 aromatic rings. The summed E-state index contributed by atoms with van der Waals surface area (Å²) in [6.45, 7) is 3.26. The van der Waals surface area contributed by atoms with Gasteiger partial charge < -0.3 is 10.0 Å². The second-order valence-electron chi connectivity index (χ2n) is 7.60. The number of rotatable bonds is 3. The number of H-pyrrole nitrogens is 1. The van der Waals surface area contributed by atoms with Crippen molar-refractivity contribution in [3.8, 4) is 11.3 Å². The van der Waals surface area contributed by atoms with Crippen molar-refractivity contribution in [2.45, 2.75) is 38.2 Å². The van der Waals surface area contributed by atoms with Crippen molar-refractivity contribution in [2.75, 3.05) is 13.1 Å². The van der Waals surface area contributed by atoms with Gasteiger partial charge in [0.25, 0.3) is 5.91 Å². The summed E-state index contributed by atoms with van der Waals surface area (Å²) in [5, 5.41) is 17.8. The van der Waals surface area contributed by atoms with Crippen LogP contribution in [0.3, 0.4) is 0 Å². The Hall–Kier alpha value is -2.21. The molecule has 0 radical (unpaired) electrons. The van der Waals surface area contributed by atoms with Crippen LogP contribution in [0, 0.1) is 17.7 Å². The minimum Gasteiger partial charge on any atom is -0.390 e. The minimum atomic E-state index is -0.667. The highest BCUT2D eigenvalue weighted by molar-refractivity contribution is 5.99. The van der Waals surface area contributed by atoms with E-state index in [-0.39, 0.29) is 17.6 Å². The van der Waals surface area contributed by atoms with Crippen LogP contribution in [0.1, 0.15) is 43.0 Å². The predicted octanol–water partition coefficient (Wildman–Crippen LogP) is 3.23. The lowest BCUT2D eigenvalue weighted by atomic mass is 9.69. The van der Waals surface area contributed by atoms with Crippen LogP contribution in [-0.4, -0.2) is 44.8 Å². The van der Waals surface area contributed by atoms with Crippen LogP contribution in [0.5, 0.6) is 0 Å². The summed E-state index contributed by atoms with van der Waals surface area (Å²) in [5.41, 5.74) is 0.927. The first-order valence-corrected chi connectivity index (χ1v) is 9.33. The van der Waals surface area contributed by atoms with E-state index in [4.69, 9.17) is 0 Å². The van der Waals surface area contributed by atoms with E-state index in [0.29, 0.717) is 35.8 Å². The van der Waals surface area contributed by atoms with Gasteiger partial charge in [-0.15, -0.1) is 0 Å². The maximum absolute atomic E-state index is 13.6. The number of likely N-dealkylation sites (tertiary alicyclic amines) is 1. The number of nitrogens with one attached hydrogen (secondary N) is 1. The number of aromatic amines is 1. The van der Waals surface area contributed by atoms with Gasteiger partial charge in [-0.05, 0) is 37.3 Å². The van der Waals surface area contributed by atoms with Gasteiger partial charge in [-0.1, -0.05) is 25.5 Å². The normalized spacial score (nSPS) is 28.2. The summed E-state index contributed by atoms with van der Waals surface area (Å²) in [4.78, 5) is 14.9. The lowest BCUT2D eigenvalue weighted by molar-refractivity contribution is -0.0609. The second-order valence-corrected chi connectivity index (χ2v) is 7.60. The number of aliphatic hydroxyl groups is 1. The van der Waals surface area contributed by atoms with Gasteiger partial charge in [-0.25, -0.2) is 4.39 Å². The molecule has 26 heavy (non-hydrogen) atoms. The number of amides is 1. The number of halogens is 1. The van der Waals surface area contributed by atoms with Gasteiger partial charge in [-0.3, -0.25) is 9.89 Å². The van der Waals surface area contributed by atoms with E-state index < -0.39 is 5.60 Å². The third-order valence-electron chi connectivity index (χ3n) is 6.20. The molecule has 4 rings (SSSR count). The molecule has 1 aliphatic carbocycles. The van der Waals surface area contributed by atoms with Crippen molar-refractivity contribution in [2.24, 2.45) is 11.8 Å². The van der Waals surface area contributed by atoms with Gasteiger partial charge >= 0.3 is 0 Å². The summed E-state index contributed by atoms with van der Waals surface area (Å²) in [7, 11) is 0. The number of nitrogens with zero attached hydrogens (tertiary/aromatic N) is 2. The zero-order chi connectivity index (χ0) is 18.3. The fourth-order valence-electron chi connectivity index (χ4n) is 4.72. The molecule has 0 bridgehead atoms. The number of aromatic nitrogens is 2. The van der Waals surface area contributed by atoms with Crippen LogP contribution in [0.15, 0.2) is 30.5 Å². The topological polar surface area (TPSA) is 69.2 Å². The first-order chi connectivity index (χ1) is 12.5. The quantitative estimate of drug-likeness (QED) is 0.886. The fourth-order valence-corrected chi connectivity index (χ4v) is 4.72. The average molecular weight is 357 g/mol. The van der Waals surface area contributed by atoms with Gasteiger partial charge in [0.2, 0.25) is 0 Å². The third kappa shape index (κ3) is 2.82. The number of carbonyl (C=O) groups is 1. The van der Waals surface area contributed by atoms with Gasteiger partial charge in [0, 0.05) is 24.6 Å². The molecule has 2 aliphatic rings. The van der Waals surface area contributed by atoms with E-state index in [1.54, 1.807) is 12.1 Å². The van der Waals surface area contributed by atoms with Crippen LogP contribution in [0.4, 0.5) is 4.39 Å². The number of benzene rings is 1. The first kappa shape index (κ1) is 17.2. The molecule has 1 aromatic heterocycles. The van der Waals surface area contributed by atoms with Gasteiger partial charge in [-0.2, -0.15) is 5.10 Å². The summed E-state index contributed by atoms with van der Waals surface area (Å²) in [5.74, 6) is 0.0263. The maximum Gasteiger partial charge on any atom is 0.257 e. The summed E-state index contributed by atoms with van der Waals surface area (Å²) >= 11 is 0. The van der Waals surface area contributed by atoms with E-state index >= 15 is 0 Å². The highest BCUT2D eigenvalue weighted by Gasteiger charge is 2.49. The average Bonchev–Trinajstić information content (AvgIpc) is 3.29. The van der Waals surface area contributed by atoms with Gasteiger partial charge in [0.05, 0.1) is 23.1 Å². The van der Waals surface area contributed by atoms with E-state index in [1.165, 1.54) is 18.3 Å². The smallest absolute Gasteiger partial charge is 0.257 e. The Balaban J connectivity index is 1.59. The molecule has 1 amide bonds. The second kappa shape index (κ2) is 6.50. The molecule has 6 heteroatoms. The third-order valence-corrected chi connectivity index (χ3v) is 6.20. The Morgan fingerprint density at radius 3 is 3.08 bits per heavy atom. The predicted molar refractivity (Wildman–Crippen MR) is 96.0 cm³/mol. The van der Waals surface area contributed by atoms with E-state index in [2.05, 4.69) is 10.2 Å². The molecule has 1 aliphatic heterocycles. The Bertz CT molecular complexity index is 821. The van der Waals surface area contributed by atoms with Gasteiger partial charge in [0.15, 0.2) is 0 Å². The van der Waals surface area contributed by atoms with Crippen LogP contribution in [0.25, 0.3) is 11.3 Å². The minimum absolute atomic E-state index is 0.106. The Morgan fingerprint density at radius 1 is 1.46 bits per heavy atom. The zero-order valence-corrected chi connectivity index (χ0v) is 14.9. The number of hydrogen-bond donors (Lipinski definition) is 2. The van der Waals surface area contributed by atoms with Crippen LogP contribution < -0.4 is 0 Å². The Kier molecular flexibility index (Phi) is 4.31. The molecular weight excluding hydrogens is 333 g/mol.